The molecule has 3 aliphatic rings. The number of ether oxygens (including phenoxy) is 2. The van der Waals surface area contributed by atoms with Crippen LogP contribution in [0.2, 0.25) is 0 Å². The number of hydrogen-bond donors (Lipinski definition) is 0. The summed E-state index contributed by atoms with van der Waals surface area (Å²) in [5.74, 6) is 0.425. The van der Waals surface area contributed by atoms with E-state index < -0.39 is 19.9 Å². The van der Waals surface area contributed by atoms with Crippen molar-refractivity contribution in [1.29, 1.82) is 0 Å². The molecule has 1 aromatic carbocycles. The lowest BCUT2D eigenvalue weighted by atomic mass is 10.1. The zero-order chi connectivity index (χ0) is 22.9. The number of amides is 1. The van der Waals surface area contributed by atoms with E-state index in [1.807, 2.05) is 0 Å². The molecule has 1 aromatic rings. The lowest BCUT2D eigenvalue weighted by molar-refractivity contribution is 0.0584. The van der Waals surface area contributed by atoms with Gasteiger partial charge in [-0.1, -0.05) is 0 Å². The average molecular weight is 488 g/mol. The Labute approximate surface area is 189 Å². The second-order valence-electron chi connectivity index (χ2n) is 8.26. The van der Waals surface area contributed by atoms with Crippen LogP contribution in [0.15, 0.2) is 23.1 Å². The third-order valence-electron chi connectivity index (χ3n) is 6.34. The number of morpholine rings is 1. The largest absolute Gasteiger partial charge is 0.496 e. The van der Waals surface area contributed by atoms with Gasteiger partial charge in [-0.25, -0.2) is 16.8 Å². The fraction of sp³-hybridized carbons (Fsp3) is 0.650. The first-order chi connectivity index (χ1) is 15.2. The number of nitrogens with zero attached hydrogens (tertiary/aromatic N) is 3. The maximum absolute atomic E-state index is 13.3. The quantitative estimate of drug-likeness (QED) is 0.554. The van der Waals surface area contributed by atoms with Crippen molar-refractivity contribution in [2.45, 2.75) is 17.4 Å². The van der Waals surface area contributed by atoms with Crippen LogP contribution in [0.1, 0.15) is 16.8 Å². The van der Waals surface area contributed by atoms with E-state index in [0.717, 1.165) is 0 Å². The van der Waals surface area contributed by atoms with Crippen LogP contribution in [0.3, 0.4) is 0 Å². The second-order valence-corrected chi connectivity index (χ2v) is 12.4. The van der Waals surface area contributed by atoms with E-state index in [-0.39, 0.29) is 47.0 Å². The molecule has 10 nitrogen and oxygen atoms in total. The maximum Gasteiger partial charge on any atom is 0.257 e. The molecule has 0 aromatic heterocycles. The van der Waals surface area contributed by atoms with E-state index >= 15 is 0 Å². The zero-order valence-corrected chi connectivity index (χ0v) is 19.7. The summed E-state index contributed by atoms with van der Waals surface area (Å²) in [6, 6.07) is 4.37. The molecule has 4 rings (SSSR count). The van der Waals surface area contributed by atoms with Crippen LogP contribution < -0.4 is 4.74 Å². The molecule has 3 heterocycles. The molecule has 0 saturated carbocycles. The Morgan fingerprint density at radius 2 is 1.78 bits per heavy atom. The molecule has 32 heavy (non-hydrogen) atoms. The number of hydrogen-bond acceptors (Lipinski definition) is 8. The number of benzene rings is 1. The van der Waals surface area contributed by atoms with Crippen LogP contribution in [0.5, 0.6) is 5.75 Å². The van der Waals surface area contributed by atoms with E-state index in [0.29, 0.717) is 51.6 Å². The van der Waals surface area contributed by atoms with Crippen LogP contribution in [-0.2, 0) is 24.6 Å². The van der Waals surface area contributed by atoms with E-state index in [4.69, 9.17) is 9.47 Å². The van der Waals surface area contributed by atoms with Crippen LogP contribution in [0, 0.1) is 0 Å². The maximum atomic E-state index is 13.3. The van der Waals surface area contributed by atoms with Gasteiger partial charge in [0.05, 0.1) is 42.3 Å². The molecule has 0 aliphatic carbocycles. The van der Waals surface area contributed by atoms with Crippen molar-refractivity contribution in [1.82, 2.24) is 14.1 Å². The van der Waals surface area contributed by atoms with Crippen molar-refractivity contribution in [2.24, 2.45) is 0 Å². The van der Waals surface area contributed by atoms with Crippen molar-refractivity contribution in [2.75, 3.05) is 71.1 Å². The Bertz CT molecular complexity index is 1060. The van der Waals surface area contributed by atoms with Gasteiger partial charge in [0.15, 0.2) is 9.84 Å². The van der Waals surface area contributed by atoms with E-state index in [1.165, 1.54) is 29.6 Å². The van der Waals surface area contributed by atoms with Crippen molar-refractivity contribution < 1.29 is 31.1 Å². The lowest BCUT2D eigenvalue weighted by Gasteiger charge is -2.37. The Morgan fingerprint density at radius 1 is 1.09 bits per heavy atom. The number of piperazine rings is 1. The molecule has 1 atom stereocenters. The Hall–Kier alpha value is -1.73. The highest BCUT2D eigenvalue weighted by Crippen LogP contribution is 2.27. The summed E-state index contributed by atoms with van der Waals surface area (Å²) >= 11 is 0. The normalized spacial score (nSPS) is 25.0. The Kier molecular flexibility index (Phi) is 6.78. The van der Waals surface area contributed by atoms with Crippen molar-refractivity contribution in [3.05, 3.63) is 23.8 Å². The number of carbonyl (C=O) groups excluding carboxylic acids is 1. The van der Waals surface area contributed by atoms with Gasteiger partial charge in [0.2, 0.25) is 10.0 Å². The first kappa shape index (κ1) is 23.4. The fourth-order valence-corrected chi connectivity index (χ4v) is 7.67. The summed E-state index contributed by atoms with van der Waals surface area (Å²) in [5.41, 5.74) is 0.207. The van der Waals surface area contributed by atoms with Crippen molar-refractivity contribution >= 4 is 25.8 Å². The van der Waals surface area contributed by atoms with Crippen LogP contribution >= 0.6 is 0 Å². The number of rotatable bonds is 5. The molecule has 0 bridgehead atoms. The topological polar surface area (TPSA) is 114 Å². The minimum Gasteiger partial charge on any atom is -0.496 e. The second kappa shape index (κ2) is 9.26. The van der Waals surface area contributed by atoms with Gasteiger partial charge in [-0.3, -0.25) is 9.69 Å². The third-order valence-corrected chi connectivity index (χ3v) is 9.98. The molecule has 0 radical (unpaired) electrons. The minimum atomic E-state index is -3.74. The average Bonchev–Trinajstić information content (AvgIpc) is 3.18. The fourth-order valence-electron chi connectivity index (χ4n) is 4.47. The molecular weight excluding hydrogens is 458 g/mol. The SMILES string of the molecule is COc1ccc(S(=O)(=O)N2CCOCC2)cc1C(=O)N1CCN(C2CCS(=O)(=O)C2)CC1. The smallest absolute Gasteiger partial charge is 0.257 e. The molecule has 178 valence electrons. The van der Waals surface area contributed by atoms with Gasteiger partial charge in [0.25, 0.3) is 5.91 Å². The van der Waals surface area contributed by atoms with E-state index in [2.05, 4.69) is 4.90 Å². The predicted molar refractivity (Wildman–Crippen MR) is 117 cm³/mol. The molecule has 1 unspecified atom stereocenters. The van der Waals surface area contributed by atoms with Gasteiger partial charge < -0.3 is 14.4 Å². The van der Waals surface area contributed by atoms with Gasteiger partial charge in [-0.2, -0.15) is 4.31 Å². The van der Waals surface area contributed by atoms with E-state index in [9.17, 15) is 21.6 Å². The Morgan fingerprint density at radius 3 is 2.38 bits per heavy atom. The molecule has 3 saturated heterocycles. The first-order valence-electron chi connectivity index (χ1n) is 10.7. The molecular formula is C20H29N3O7S2. The highest BCUT2D eigenvalue weighted by atomic mass is 32.2. The van der Waals surface area contributed by atoms with Crippen LogP contribution in [0.4, 0.5) is 0 Å². The molecule has 0 N–H and O–H groups in total. The van der Waals surface area contributed by atoms with Gasteiger partial charge in [-0.05, 0) is 24.6 Å². The number of sulfone groups is 1. The van der Waals surface area contributed by atoms with Crippen molar-refractivity contribution in [3.63, 3.8) is 0 Å². The minimum absolute atomic E-state index is 0.00813. The summed E-state index contributed by atoms with van der Waals surface area (Å²) in [6.07, 6.45) is 0.631. The Balaban J connectivity index is 1.49. The molecule has 0 spiro atoms. The summed E-state index contributed by atoms with van der Waals surface area (Å²) in [7, 11) is -5.26. The zero-order valence-electron chi connectivity index (χ0n) is 18.1. The molecule has 12 heteroatoms. The number of carbonyl (C=O) groups is 1. The monoisotopic (exact) mass is 487 g/mol. The standard InChI is InChI=1S/C20H29N3O7S2/c1-29-19-3-2-17(32(27,28)23-9-11-30-12-10-23)14-18(19)20(24)22-7-5-21(6-8-22)16-4-13-31(25,26)15-16/h2-3,14,16H,4-13,15H2,1H3. The van der Waals surface area contributed by atoms with Crippen LogP contribution in [0.25, 0.3) is 0 Å². The van der Waals surface area contributed by atoms with Crippen LogP contribution in [-0.4, -0.2) is 114 Å². The van der Waals surface area contributed by atoms with Gasteiger partial charge in [-0.15, -0.1) is 0 Å². The molecule has 3 aliphatic heterocycles. The van der Waals surface area contributed by atoms with Gasteiger partial charge >= 0.3 is 0 Å². The van der Waals surface area contributed by atoms with E-state index in [1.54, 1.807) is 4.90 Å². The number of sulfonamides is 1. The highest BCUT2D eigenvalue weighted by molar-refractivity contribution is 7.91. The summed E-state index contributed by atoms with van der Waals surface area (Å²) < 4.78 is 61.6. The van der Waals surface area contributed by atoms with Crippen molar-refractivity contribution in [3.8, 4) is 5.75 Å². The predicted octanol–water partition coefficient (Wildman–Crippen LogP) is -0.339. The molecule has 1 amide bonds. The van der Waals surface area contributed by atoms with Gasteiger partial charge in [0.1, 0.15) is 5.75 Å². The summed E-state index contributed by atoms with van der Waals surface area (Å²) in [6.45, 7) is 3.28. The number of methoxy groups -OCH3 is 1. The van der Waals surface area contributed by atoms with Gasteiger partial charge in [0, 0.05) is 45.3 Å². The summed E-state index contributed by atoms with van der Waals surface area (Å²) in [5, 5.41) is 0. The lowest BCUT2D eigenvalue weighted by Crippen LogP contribution is -2.52. The molecule has 3 fully saturated rings. The highest BCUT2D eigenvalue weighted by Gasteiger charge is 2.35. The first-order valence-corrected chi connectivity index (χ1v) is 14.0. The third kappa shape index (κ3) is 4.79. The summed E-state index contributed by atoms with van der Waals surface area (Å²) in [4.78, 5) is 17.1.